The van der Waals surface area contributed by atoms with Crippen LogP contribution in [0.1, 0.15) is 36.4 Å². The van der Waals surface area contributed by atoms with Crippen molar-refractivity contribution < 1.29 is 17.5 Å². The Bertz CT molecular complexity index is 1080. The second-order valence-electron chi connectivity index (χ2n) is 6.97. The van der Waals surface area contributed by atoms with Crippen LogP contribution < -0.4 is 0 Å². The summed E-state index contributed by atoms with van der Waals surface area (Å²) in [4.78, 5) is 0. The van der Waals surface area contributed by atoms with E-state index >= 15 is 8.63 Å². The van der Waals surface area contributed by atoms with Crippen LogP contribution in [0.15, 0.2) is 46.1 Å². The fourth-order valence-corrected chi connectivity index (χ4v) is 4.47. The van der Waals surface area contributed by atoms with Crippen molar-refractivity contribution in [2.75, 3.05) is 0 Å². The lowest BCUT2D eigenvalue weighted by Crippen LogP contribution is -2.51. The summed E-state index contributed by atoms with van der Waals surface area (Å²) in [7, 11) is 0. The maximum Gasteiger partial charge on any atom is 0.737 e. The molecule has 0 amide bonds. The Kier molecular flexibility index (Phi) is 3.67. The molecule has 0 aliphatic carbocycles. The van der Waals surface area contributed by atoms with Crippen molar-refractivity contribution in [3.63, 3.8) is 0 Å². The topological polar surface area (TPSA) is 7.94 Å². The highest BCUT2D eigenvalue weighted by atomic mass is 79.9. The Balaban J connectivity index is 2.17. The lowest BCUT2D eigenvalue weighted by atomic mass is 9.84. The molecule has 2 aromatic rings. The molecule has 0 fully saturated rings. The molecule has 0 radical (unpaired) electrons. The molecule has 4 rings (SSSR count). The van der Waals surface area contributed by atoms with Crippen LogP contribution in [0.4, 0.5) is 13.0 Å². The number of hydrogen-bond acceptors (Lipinski definition) is 0. The van der Waals surface area contributed by atoms with Gasteiger partial charge in [-0.15, -0.1) is 0 Å². The number of aryl methyl sites for hydroxylation is 2. The molecule has 3 heterocycles. The number of halogens is 4. The van der Waals surface area contributed by atoms with E-state index in [0.29, 0.717) is 38.4 Å². The molecule has 2 aliphatic rings. The Hall–Kier alpha value is -2.02. The minimum Gasteiger partial charge on any atom is -0.393 e. The van der Waals surface area contributed by atoms with Gasteiger partial charge < -0.3 is 17.6 Å². The number of allylic oxidation sites excluding steroid dienone is 2. The first-order valence-electron chi connectivity index (χ1n) is 8.37. The van der Waals surface area contributed by atoms with Crippen molar-refractivity contribution in [2.24, 2.45) is 0 Å². The van der Waals surface area contributed by atoms with E-state index in [9.17, 15) is 4.39 Å². The Morgan fingerprint density at radius 1 is 1.08 bits per heavy atom. The van der Waals surface area contributed by atoms with Crippen molar-refractivity contribution >= 4 is 34.2 Å². The average Bonchev–Trinajstić information content (AvgIpc) is 3.01. The second kappa shape index (κ2) is 5.49. The predicted octanol–water partition coefficient (Wildman–Crippen LogP) is 5.44. The Morgan fingerprint density at radius 3 is 2.42 bits per heavy atom. The van der Waals surface area contributed by atoms with Crippen molar-refractivity contribution in [3.8, 4) is 0 Å². The third-order valence-electron chi connectivity index (χ3n) is 5.14. The highest BCUT2D eigenvalue weighted by Gasteiger charge is 2.55. The van der Waals surface area contributed by atoms with Gasteiger partial charge in [-0.2, -0.15) is 0 Å². The number of benzene rings is 1. The van der Waals surface area contributed by atoms with Crippen LogP contribution in [0.2, 0.25) is 0 Å². The quantitative estimate of drug-likeness (QED) is 0.543. The van der Waals surface area contributed by atoms with Crippen LogP contribution in [0.5, 0.6) is 0 Å². The molecule has 2 nitrogen and oxygen atoms in total. The average molecular weight is 421 g/mol. The van der Waals surface area contributed by atoms with Gasteiger partial charge in [-0.3, -0.25) is 0 Å². The molecular weight excluding hydrogens is 404 g/mol. The van der Waals surface area contributed by atoms with Gasteiger partial charge in [0.1, 0.15) is 11.5 Å². The van der Waals surface area contributed by atoms with Gasteiger partial charge in [-0.1, -0.05) is 6.07 Å². The molecule has 2 aliphatic heterocycles. The Labute approximate surface area is 158 Å². The van der Waals surface area contributed by atoms with E-state index in [0.717, 1.165) is 20.1 Å². The van der Waals surface area contributed by atoms with E-state index in [1.54, 1.807) is 38.1 Å². The number of hydrogen-bond donors (Lipinski definition) is 0. The molecule has 1 aromatic heterocycles. The zero-order chi connectivity index (χ0) is 19.0. The van der Waals surface area contributed by atoms with Gasteiger partial charge >= 0.3 is 6.97 Å². The van der Waals surface area contributed by atoms with Crippen LogP contribution in [-0.4, -0.2) is 21.6 Å². The minimum atomic E-state index is -4.01. The summed E-state index contributed by atoms with van der Waals surface area (Å²) >= 11 is 3.16. The molecule has 0 spiro atoms. The number of fused-ring (bicyclic) bond motifs is 2. The molecule has 0 saturated heterocycles. The first-order valence-corrected chi connectivity index (χ1v) is 9.16. The monoisotopic (exact) mass is 420 g/mol. The lowest BCUT2D eigenvalue weighted by molar-refractivity contribution is -0.363. The van der Waals surface area contributed by atoms with Gasteiger partial charge in [0.25, 0.3) is 0 Å². The van der Waals surface area contributed by atoms with E-state index in [2.05, 4.69) is 15.9 Å². The van der Waals surface area contributed by atoms with Crippen LogP contribution in [-0.2, 0) is 0 Å². The fraction of sp³-hybridized carbons (Fsp3) is 0.211. The van der Waals surface area contributed by atoms with E-state index in [1.807, 2.05) is 13.8 Å². The smallest absolute Gasteiger partial charge is 0.393 e. The molecule has 0 saturated carbocycles. The summed E-state index contributed by atoms with van der Waals surface area (Å²) < 4.78 is 47.7. The fourth-order valence-electron chi connectivity index (χ4n) is 4.22. The highest BCUT2D eigenvalue weighted by Crippen LogP contribution is 2.44. The summed E-state index contributed by atoms with van der Waals surface area (Å²) in [6.45, 7) is 3.00. The maximum atomic E-state index is 15.5. The van der Waals surface area contributed by atoms with Gasteiger partial charge in [0, 0.05) is 24.3 Å². The first kappa shape index (κ1) is 17.4. The molecule has 0 atom stereocenters. The number of aromatic nitrogens is 1. The summed E-state index contributed by atoms with van der Waals surface area (Å²) in [6, 6.07) is 6.53. The largest absolute Gasteiger partial charge is 0.737 e. The van der Waals surface area contributed by atoms with Gasteiger partial charge in [0.2, 0.25) is 0 Å². The van der Waals surface area contributed by atoms with Gasteiger partial charge in [0.05, 0.1) is 10.0 Å². The third-order valence-corrected chi connectivity index (χ3v) is 5.79. The standard InChI is InChI=1S/C19H17BBrF3N2/c1-10-7-12(3)25-18(10)17(14-5-6-15(21)16(22)9-14)19-11(2)8-13(4)26(19)20(25,23)24/h5-9H,1-4H3. The van der Waals surface area contributed by atoms with E-state index in [4.69, 9.17) is 0 Å². The Morgan fingerprint density at radius 2 is 1.77 bits per heavy atom. The van der Waals surface area contributed by atoms with Crippen molar-refractivity contribution in [3.05, 3.63) is 74.4 Å². The van der Waals surface area contributed by atoms with Gasteiger partial charge in [0.15, 0.2) is 5.70 Å². The highest BCUT2D eigenvalue weighted by molar-refractivity contribution is 9.10. The summed E-state index contributed by atoms with van der Waals surface area (Å²) in [5.41, 5.74) is 4.65. The summed E-state index contributed by atoms with van der Waals surface area (Å²) in [5.74, 6) is -0.419. The lowest BCUT2D eigenvalue weighted by Gasteiger charge is -2.34. The number of rotatable bonds is 1. The molecule has 26 heavy (non-hydrogen) atoms. The van der Waals surface area contributed by atoms with Gasteiger partial charge in [-0.25, -0.2) is 4.39 Å². The van der Waals surface area contributed by atoms with E-state index in [1.165, 1.54) is 6.07 Å². The van der Waals surface area contributed by atoms with Crippen LogP contribution in [0.25, 0.3) is 5.57 Å². The van der Waals surface area contributed by atoms with Crippen LogP contribution in [0.3, 0.4) is 0 Å². The molecule has 7 heteroatoms. The third kappa shape index (κ3) is 2.16. The molecule has 0 N–H and O–H groups in total. The molecule has 1 aromatic carbocycles. The maximum absolute atomic E-state index is 15.5. The SMILES string of the molecule is CC1=CC(C)=[N+]2C1=C(c1ccc(Br)c(F)c1)c1c(C)cc(C)n1[B-]2(F)F. The normalized spacial score (nSPS) is 18.2. The van der Waals surface area contributed by atoms with Crippen molar-refractivity contribution in [1.82, 2.24) is 4.48 Å². The minimum absolute atomic E-state index is 0.346. The summed E-state index contributed by atoms with van der Waals surface area (Å²) in [6.07, 6.45) is 1.76. The van der Waals surface area contributed by atoms with Crippen molar-refractivity contribution in [1.29, 1.82) is 0 Å². The molecular formula is C19H17BBrF3N2. The zero-order valence-electron chi connectivity index (χ0n) is 14.9. The van der Waals surface area contributed by atoms with E-state index < -0.39 is 12.8 Å². The molecule has 0 bridgehead atoms. The summed E-state index contributed by atoms with van der Waals surface area (Å²) in [5, 5.41) is 0. The van der Waals surface area contributed by atoms with Crippen LogP contribution in [0, 0.1) is 19.7 Å². The zero-order valence-corrected chi connectivity index (χ0v) is 16.5. The molecule has 0 unspecified atom stereocenters. The van der Waals surface area contributed by atoms with Crippen LogP contribution >= 0.6 is 15.9 Å². The first-order chi connectivity index (χ1) is 12.1. The van der Waals surface area contributed by atoms with Crippen molar-refractivity contribution in [2.45, 2.75) is 27.7 Å². The predicted molar refractivity (Wildman–Crippen MR) is 102 cm³/mol. The molecule has 134 valence electrons. The van der Waals surface area contributed by atoms with E-state index in [-0.39, 0.29) is 0 Å². The van der Waals surface area contributed by atoms with Gasteiger partial charge in [-0.05, 0) is 71.7 Å². The number of nitrogens with zero attached hydrogens (tertiary/aromatic N) is 2. The second-order valence-corrected chi connectivity index (χ2v) is 7.82.